The second-order valence-corrected chi connectivity index (χ2v) is 8.42. The van der Waals surface area contributed by atoms with Crippen LogP contribution in [0.3, 0.4) is 0 Å². The number of rotatable bonds is 2. The van der Waals surface area contributed by atoms with E-state index in [1.165, 1.54) is 38.5 Å². The molecule has 3 saturated carbocycles. The summed E-state index contributed by atoms with van der Waals surface area (Å²) < 4.78 is 0. The summed E-state index contributed by atoms with van der Waals surface area (Å²) in [5.74, 6) is 2.31. The Morgan fingerprint density at radius 3 is 2.16 bits per heavy atom. The SMILES string of the molecule is CCC1([C@@H]2C[C@H]3CC[C@]2(C)C3(C)C)CCC(=O)CC1. The highest BCUT2D eigenvalue weighted by Gasteiger charge is 2.65. The summed E-state index contributed by atoms with van der Waals surface area (Å²) in [4.78, 5) is 11.6. The van der Waals surface area contributed by atoms with Gasteiger partial charge < -0.3 is 0 Å². The molecule has 0 N–H and O–H groups in total. The van der Waals surface area contributed by atoms with Crippen LogP contribution in [0.4, 0.5) is 0 Å². The van der Waals surface area contributed by atoms with Crippen LogP contribution in [-0.2, 0) is 4.79 Å². The Kier molecular flexibility index (Phi) is 2.93. The van der Waals surface area contributed by atoms with Crippen molar-refractivity contribution in [2.45, 2.75) is 79.1 Å². The number of carbonyl (C=O) groups is 1. The average Bonchev–Trinajstić information content (AvgIpc) is 2.73. The van der Waals surface area contributed by atoms with Crippen LogP contribution in [-0.4, -0.2) is 5.78 Å². The van der Waals surface area contributed by atoms with Gasteiger partial charge >= 0.3 is 0 Å². The van der Waals surface area contributed by atoms with Crippen molar-refractivity contribution in [1.29, 1.82) is 0 Å². The molecule has 0 heterocycles. The predicted molar refractivity (Wildman–Crippen MR) is 78.9 cm³/mol. The van der Waals surface area contributed by atoms with E-state index in [-0.39, 0.29) is 0 Å². The molecule has 3 rings (SSSR count). The van der Waals surface area contributed by atoms with E-state index in [2.05, 4.69) is 27.7 Å². The number of ketones is 1. The molecule has 0 aromatic rings. The Bertz CT molecular complexity index is 384. The second-order valence-electron chi connectivity index (χ2n) is 8.42. The van der Waals surface area contributed by atoms with Crippen LogP contribution in [0.2, 0.25) is 0 Å². The second kappa shape index (κ2) is 4.09. The highest BCUT2D eigenvalue weighted by molar-refractivity contribution is 5.79. The Balaban J connectivity index is 1.92. The maximum absolute atomic E-state index is 11.6. The van der Waals surface area contributed by atoms with Gasteiger partial charge in [-0.05, 0) is 60.2 Å². The molecule has 3 fully saturated rings. The van der Waals surface area contributed by atoms with Crippen molar-refractivity contribution in [3.8, 4) is 0 Å². The quantitative estimate of drug-likeness (QED) is 0.685. The summed E-state index contributed by atoms with van der Waals surface area (Å²) in [6.45, 7) is 9.97. The third-order valence-corrected chi connectivity index (χ3v) is 8.04. The molecular formula is C18H30O. The number of carbonyl (C=O) groups excluding carboxylic acids is 1. The topological polar surface area (TPSA) is 17.1 Å². The van der Waals surface area contributed by atoms with Crippen LogP contribution in [0.1, 0.15) is 79.1 Å². The van der Waals surface area contributed by atoms with Gasteiger partial charge in [0.2, 0.25) is 0 Å². The number of hydrogen-bond donors (Lipinski definition) is 0. The van der Waals surface area contributed by atoms with Crippen molar-refractivity contribution >= 4 is 5.78 Å². The Labute approximate surface area is 118 Å². The van der Waals surface area contributed by atoms with Crippen molar-refractivity contribution in [2.24, 2.45) is 28.1 Å². The molecule has 3 aliphatic carbocycles. The predicted octanol–water partition coefficient (Wildman–Crippen LogP) is 4.99. The molecule has 0 unspecified atom stereocenters. The minimum Gasteiger partial charge on any atom is -0.300 e. The molecular weight excluding hydrogens is 232 g/mol. The van der Waals surface area contributed by atoms with E-state index >= 15 is 0 Å². The highest BCUT2D eigenvalue weighted by Crippen LogP contribution is 2.73. The van der Waals surface area contributed by atoms with Crippen LogP contribution in [0.5, 0.6) is 0 Å². The lowest BCUT2D eigenvalue weighted by atomic mass is 9.53. The summed E-state index contributed by atoms with van der Waals surface area (Å²) in [7, 11) is 0. The first kappa shape index (κ1) is 13.6. The first-order valence-corrected chi connectivity index (χ1v) is 8.37. The number of Topliss-reactive ketones (excluding diaryl/α,β-unsaturated/α-hetero) is 1. The molecule has 2 bridgehead atoms. The summed E-state index contributed by atoms with van der Waals surface area (Å²) in [5, 5.41) is 0. The Morgan fingerprint density at radius 1 is 1.11 bits per heavy atom. The van der Waals surface area contributed by atoms with Gasteiger partial charge in [-0.1, -0.05) is 34.1 Å². The molecule has 0 radical (unpaired) electrons. The summed E-state index contributed by atoms with van der Waals surface area (Å²) in [6.07, 6.45) is 9.63. The normalized spacial score (nSPS) is 43.7. The van der Waals surface area contributed by atoms with E-state index in [1.54, 1.807) is 0 Å². The van der Waals surface area contributed by atoms with Gasteiger partial charge in [-0.3, -0.25) is 4.79 Å². The van der Waals surface area contributed by atoms with Gasteiger partial charge in [0.25, 0.3) is 0 Å². The molecule has 3 atom stereocenters. The van der Waals surface area contributed by atoms with Gasteiger partial charge in [-0.2, -0.15) is 0 Å². The molecule has 0 saturated heterocycles. The van der Waals surface area contributed by atoms with E-state index in [0.29, 0.717) is 22.0 Å². The average molecular weight is 262 g/mol. The molecule has 0 amide bonds. The fourth-order valence-corrected chi connectivity index (χ4v) is 6.10. The highest BCUT2D eigenvalue weighted by atomic mass is 16.1. The first-order valence-electron chi connectivity index (χ1n) is 8.37. The minimum absolute atomic E-state index is 0.481. The fourth-order valence-electron chi connectivity index (χ4n) is 6.10. The summed E-state index contributed by atoms with van der Waals surface area (Å²) in [5.41, 5.74) is 1.52. The van der Waals surface area contributed by atoms with E-state index in [0.717, 1.165) is 24.7 Å². The van der Waals surface area contributed by atoms with Gasteiger partial charge in [0, 0.05) is 12.8 Å². The molecule has 3 aliphatic rings. The molecule has 0 aromatic carbocycles. The Morgan fingerprint density at radius 2 is 1.74 bits per heavy atom. The van der Waals surface area contributed by atoms with Crippen LogP contribution >= 0.6 is 0 Å². The molecule has 19 heavy (non-hydrogen) atoms. The van der Waals surface area contributed by atoms with Gasteiger partial charge in [-0.15, -0.1) is 0 Å². The van der Waals surface area contributed by atoms with E-state index in [9.17, 15) is 4.79 Å². The van der Waals surface area contributed by atoms with Gasteiger partial charge in [0.1, 0.15) is 5.78 Å². The third kappa shape index (κ3) is 1.63. The van der Waals surface area contributed by atoms with Crippen LogP contribution in [0, 0.1) is 28.1 Å². The van der Waals surface area contributed by atoms with Crippen molar-refractivity contribution in [3.05, 3.63) is 0 Å². The van der Waals surface area contributed by atoms with Crippen LogP contribution < -0.4 is 0 Å². The van der Waals surface area contributed by atoms with Gasteiger partial charge in [0.05, 0.1) is 0 Å². The summed E-state index contributed by atoms with van der Waals surface area (Å²) >= 11 is 0. The van der Waals surface area contributed by atoms with Crippen LogP contribution in [0.15, 0.2) is 0 Å². The Hall–Kier alpha value is -0.330. The lowest BCUT2D eigenvalue weighted by Crippen LogP contribution is -2.44. The number of hydrogen-bond acceptors (Lipinski definition) is 1. The molecule has 108 valence electrons. The van der Waals surface area contributed by atoms with Crippen molar-refractivity contribution in [1.82, 2.24) is 0 Å². The molecule has 1 heteroatoms. The smallest absolute Gasteiger partial charge is 0.132 e. The number of fused-ring (bicyclic) bond motifs is 2. The summed E-state index contributed by atoms with van der Waals surface area (Å²) in [6, 6.07) is 0. The monoisotopic (exact) mass is 262 g/mol. The zero-order chi connectivity index (χ0) is 13.9. The van der Waals surface area contributed by atoms with Crippen molar-refractivity contribution in [2.75, 3.05) is 0 Å². The molecule has 0 aromatic heterocycles. The lowest BCUT2D eigenvalue weighted by Gasteiger charge is -2.51. The zero-order valence-electron chi connectivity index (χ0n) is 13.2. The van der Waals surface area contributed by atoms with E-state index in [1.807, 2.05) is 0 Å². The van der Waals surface area contributed by atoms with E-state index in [4.69, 9.17) is 0 Å². The van der Waals surface area contributed by atoms with Gasteiger partial charge in [0.15, 0.2) is 0 Å². The largest absolute Gasteiger partial charge is 0.300 e. The molecule has 0 aliphatic heterocycles. The van der Waals surface area contributed by atoms with Crippen LogP contribution in [0.25, 0.3) is 0 Å². The molecule has 0 spiro atoms. The van der Waals surface area contributed by atoms with Crippen molar-refractivity contribution < 1.29 is 4.79 Å². The van der Waals surface area contributed by atoms with Crippen molar-refractivity contribution in [3.63, 3.8) is 0 Å². The van der Waals surface area contributed by atoms with E-state index < -0.39 is 0 Å². The minimum atomic E-state index is 0.481. The third-order valence-electron chi connectivity index (χ3n) is 8.04. The maximum Gasteiger partial charge on any atom is 0.132 e. The standard InChI is InChI=1S/C18H30O/c1-5-18(10-7-14(19)8-11-18)15-12-13-6-9-17(15,4)16(13,2)3/h13,15H,5-12H2,1-4H3/t13-,15-,17+/m1/s1. The zero-order valence-corrected chi connectivity index (χ0v) is 13.2. The molecule has 1 nitrogen and oxygen atoms in total. The first-order chi connectivity index (χ1) is 8.86. The maximum atomic E-state index is 11.6. The fraction of sp³-hybridized carbons (Fsp3) is 0.944. The van der Waals surface area contributed by atoms with Gasteiger partial charge in [-0.25, -0.2) is 0 Å². The lowest BCUT2D eigenvalue weighted by molar-refractivity contribution is -0.125.